The zero-order valence-electron chi connectivity index (χ0n) is 24.2. The van der Waals surface area contributed by atoms with Gasteiger partial charge in [0.2, 0.25) is 0 Å². The molecule has 1 heterocycles. The van der Waals surface area contributed by atoms with Crippen molar-refractivity contribution >= 4 is 17.8 Å². The van der Waals surface area contributed by atoms with E-state index in [1.54, 1.807) is 34.6 Å². The molecule has 0 aliphatic rings. The molecule has 0 aliphatic heterocycles. The molecule has 0 bridgehead atoms. The van der Waals surface area contributed by atoms with Crippen LogP contribution in [-0.2, 0) is 32.0 Å². The van der Waals surface area contributed by atoms with E-state index in [4.69, 9.17) is 19.2 Å². The summed E-state index contributed by atoms with van der Waals surface area (Å²) in [4.78, 5) is 42.9. The van der Waals surface area contributed by atoms with Crippen LogP contribution < -0.4 is 5.32 Å². The molecule has 2 rings (SSSR count). The van der Waals surface area contributed by atoms with E-state index >= 15 is 0 Å². The molecule has 0 radical (unpaired) electrons. The largest absolute Gasteiger partial charge is 0.454 e. The van der Waals surface area contributed by atoms with Gasteiger partial charge in [-0.2, -0.15) is 0 Å². The van der Waals surface area contributed by atoms with Crippen molar-refractivity contribution in [1.29, 1.82) is 0 Å². The highest BCUT2D eigenvalue weighted by molar-refractivity contribution is 6.00. The lowest BCUT2D eigenvalue weighted by Crippen LogP contribution is -2.33. The van der Waals surface area contributed by atoms with E-state index in [2.05, 4.69) is 26.1 Å². The molecule has 0 aliphatic carbocycles. The molecule has 0 saturated carbocycles. The number of carbonyl (C=O) groups is 3. The number of ether oxygens (including phenoxy) is 3. The molecule has 8 heteroatoms. The van der Waals surface area contributed by atoms with Gasteiger partial charge in [0.05, 0.1) is 11.3 Å². The first-order valence-corrected chi connectivity index (χ1v) is 12.9. The average Bonchev–Trinajstić information content (AvgIpc) is 2.78. The fourth-order valence-electron chi connectivity index (χ4n) is 3.88. The molecule has 0 spiro atoms. The van der Waals surface area contributed by atoms with Gasteiger partial charge in [0.1, 0.15) is 12.2 Å². The highest BCUT2D eigenvalue weighted by Gasteiger charge is 2.28. The van der Waals surface area contributed by atoms with Gasteiger partial charge < -0.3 is 19.5 Å². The third-order valence-electron chi connectivity index (χ3n) is 5.45. The fraction of sp³-hybridized carbons (Fsp3) is 0.533. The van der Waals surface area contributed by atoms with Crippen molar-refractivity contribution in [2.45, 2.75) is 80.9 Å². The van der Waals surface area contributed by atoms with Crippen LogP contribution in [0, 0.1) is 19.3 Å². The Hall–Kier alpha value is -3.26. The minimum absolute atomic E-state index is 0.0976. The molecule has 0 fully saturated rings. The van der Waals surface area contributed by atoms with Crippen LogP contribution in [0.3, 0.4) is 0 Å². The summed E-state index contributed by atoms with van der Waals surface area (Å²) in [7, 11) is 0. The number of hydrogen-bond donors (Lipinski definition) is 1. The third-order valence-corrected chi connectivity index (χ3v) is 5.45. The summed E-state index contributed by atoms with van der Waals surface area (Å²) in [6.45, 7) is 17.2. The number of esters is 1. The van der Waals surface area contributed by atoms with Crippen molar-refractivity contribution in [3.8, 4) is 11.1 Å². The summed E-state index contributed by atoms with van der Waals surface area (Å²) in [6, 6.07) is 7.78. The van der Waals surface area contributed by atoms with E-state index in [1.165, 1.54) is 0 Å². The van der Waals surface area contributed by atoms with E-state index < -0.39 is 24.3 Å². The van der Waals surface area contributed by atoms with Crippen molar-refractivity contribution < 1.29 is 28.6 Å². The number of amides is 1. The Labute approximate surface area is 226 Å². The normalized spacial score (nSPS) is 11.7. The molecular formula is C30H42N2O6. The number of ketones is 1. The summed E-state index contributed by atoms with van der Waals surface area (Å²) in [5, 5.41) is 2.84. The number of alkyl carbamates (subject to hydrolysis) is 1. The molecule has 1 aromatic heterocycles. The maximum Gasteiger partial charge on any atom is 0.407 e. The van der Waals surface area contributed by atoms with Gasteiger partial charge in [0.15, 0.2) is 12.4 Å². The average molecular weight is 527 g/mol. The SMILES string of the molecule is CCOCC(=O)COC(=O)c1c(C)nc(CC(C)(C)C)c(CNC(=O)OC(C)(C)C)c1-c1ccc(C)cc1. The van der Waals surface area contributed by atoms with Crippen LogP contribution in [0.15, 0.2) is 24.3 Å². The van der Waals surface area contributed by atoms with Gasteiger partial charge in [-0.15, -0.1) is 0 Å². The highest BCUT2D eigenvalue weighted by atomic mass is 16.6. The summed E-state index contributed by atoms with van der Waals surface area (Å²) >= 11 is 0. The maximum atomic E-state index is 13.4. The van der Waals surface area contributed by atoms with Crippen LogP contribution >= 0.6 is 0 Å². The number of hydrogen-bond acceptors (Lipinski definition) is 7. The van der Waals surface area contributed by atoms with Gasteiger partial charge in [0.25, 0.3) is 0 Å². The van der Waals surface area contributed by atoms with Gasteiger partial charge in [0, 0.05) is 30.0 Å². The van der Waals surface area contributed by atoms with Gasteiger partial charge >= 0.3 is 12.1 Å². The molecule has 8 nitrogen and oxygen atoms in total. The first-order valence-electron chi connectivity index (χ1n) is 12.9. The van der Waals surface area contributed by atoms with Gasteiger partial charge in [-0.05, 0) is 58.9 Å². The Morgan fingerprint density at radius 2 is 1.58 bits per heavy atom. The lowest BCUT2D eigenvalue weighted by Gasteiger charge is -2.25. The molecule has 1 N–H and O–H groups in total. The number of aryl methyl sites for hydroxylation is 2. The molecule has 1 amide bonds. The van der Waals surface area contributed by atoms with Crippen molar-refractivity contribution in [1.82, 2.24) is 10.3 Å². The molecule has 0 atom stereocenters. The smallest absolute Gasteiger partial charge is 0.407 e. The van der Waals surface area contributed by atoms with Crippen LogP contribution in [-0.4, -0.2) is 48.3 Å². The lowest BCUT2D eigenvalue weighted by molar-refractivity contribution is -0.126. The maximum absolute atomic E-state index is 13.4. The zero-order chi connectivity index (χ0) is 28.7. The second kappa shape index (κ2) is 13.0. The number of Topliss-reactive ketones (excluding diaryl/α,β-unsaturated/α-hetero) is 1. The number of rotatable bonds is 10. The Balaban J connectivity index is 2.65. The van der Waals surface area contributed by atoms with Crippen LogP contribution in [0.4, 0.5) is 4.79 Å². The Bertz CT molecular complexity index is 1140. The molecular weight excluding hydrogens is 484 g/mol. The highest BCUT2D eigenvalue weighted by Crippen LogP contribution is 2.35. The van der Waals surface area contributed by atoms with Crippen LogP contribution in [0.1, 0.15) is 81.3 Å². The lowest BCUT2D eigenvalue weighted by atomic mass is 9.85. The summed E-state index contributed by atoms with van der Waals surface area (Å²) < 4.78 is 16.0. The molecule has 1 aromatic carbocycles. The second-order valence-corrected chi connectivity index (χ2v) is 11.6. The minimum atomic E-state index is -0.660. The molecule has 2 aromatic rings. The Morgan fingerprint density at radius 1 is 0.947 bits per heavy atom. The first-order chi connectivity index (χ1) is 17.6. The van der Waals surface area contributed by atoms with Crippen LogP contribution in [0.2, 0.25) is 0 Å². The van der Waals surface area contributed by atoms with Crippen molar-refractivity contribution in [2.24, 2.45) is 5.41 Å². The van der Waals surface area contributed by atoms with E-state index in [-0.39, 0.29) is 29.9 Å². The number of nitrogens with one attached hydrogen (secondary N) is 1. The minimum Gasteiger partial charge on any atom is -0.454 e. The fourth-order valence-corrected chi connectivity index (χ4v) is 3.88. The molecule has 38 heavy (non-hydrogen) atoms. The van der Waals surface area contributed by atoms with Crippen molar-refractivity contribution in [3.63, 3.8) is 0 Å². The van der Waals surface area contributed by atoms with Crippen molar-refractivity contribution in [2.75, 3.05) is 19.8 Å². The predicted molar refractivity (Wildman–Crippen MR) is 147 cm³/mol. The van der Waals surface area contributed by atoms with Crippen molar-refractivity contribution in [3.05, 3.63) is 52.3 Å². The van der Waals surface area contributed by atoms with Gasteiger partial charge in [-0.1, -0.05) is 50.6 Å². The van der Waals surface area contributed by atoms with Gasteiger partial charge in [-0.25, -0.2) is 9.59 Å². The number of aromatic nitrogens is 1. The number of pyridine rings is 1. The summed E-state index contributed by atoms with van der Waals surface area (Å²) in [5.41, 5.74) is 3.91. The molecule has 0 unspecified atom stereocenters. The number of benzene rings is 1. The van der Waals surface area contributed by atoms with Gasteiger partial charge in [-0.3, -0.25) is 9.78 Å². The second-order valence-electron chi connectivity index (χ2n) is 11.6. The summed E-state index contributed by atoms with van der Waals surface area (Å²) in [6.07, 6.45) is 0.0421. The topological polar surface area (TPSA) is 104 Å². The third kappa shape index (κ3) is 9.56. The van der Waals surface area contributed by atoms with E-state index in [9.17, 15) is 14.4 Å². The van der Waals surface area contributed by atoms with E-state index in [0.717, 1.165) is 16.8 Å². The van der Waals surface area contributed by atoms with Crippen LogP contribution in [0.5, 0.6) is 0 Å². The van der Waals surface area contributed by atoms with E-state index in [1.807, 2.05) is 31.2 Å². The monoisotopic (exact) mass is 526 g/mol. The zero-order valence-corrected chi connectivity index (χ0v) is 24.2. The first kappa shape index (κ1) is 31.0. The standard InChI is InChI=1S/C30H42N2O6/c1-10-36-17-22(33)18-37-27(34)25-20(3)32-24(15-29(4,5)6)23(16-31-28(35)38-30(7,8)9)26(25)21-13-11-19(2)12-14-21/h11-14H,10,15-18H2,1-9H3,(H,31,35). The van der Waals surface area contributed by atoms with E-state index in [0.29, 0.717) is 29.8 Å². The Morgan fingerprint density at radius 3 is 2.13 bits per heavy atom. The number of carbonyl (C=O) groups excluding carboxylic acids is 3. The Kier molecular flexibility index (Phi) is 10.6. The molecule has 208 valence electrons. The predicted octanol–water partition coefficient (Wildman–Crippen LogP) is 5.74. The molecule has 0 saturated heterocycles. The quantitative estimate of drug-likeness (QED) is 0.394. The summed E-state index contributed by atoms with van der Waals surface area (Å²) in [5.74, 6) is -0.991. The number of nitrogens with zero attached hydrogens (tertiary/aromatic N) is 1. The van der Waals surface area contributed by atoms with Crippen LogP contribution in [0.25, 0.3) is 11.1 Å².